The molecule has 0 saturated heterocycles. The van der Waals surface area contributed by atoms with Crippen molar-refractivity contribution in [3.63, 3.8) is 0 Å². The Kier molecular flexibility index (Phi) is 9.05. The molecule has 1 atom stereocenters. The standard InChI is InChI=1S/C18H21Cl3N2O3S2/c1-2-22-28(25,26)12-4-3-11-23(18-13-15(20)7-10-17(18)21)27(24)16-8-5-14(19)6-9-16/h5-10,13,22H,2-4,11-12H2,1H3. The van der Waals surface area contributed by atoms with Gasteiger partial charge < -0.3 is 0 Å². The molecule has 10 heteroatoms. The quantitative estimate of drug-likeness (QED) is 0.489. The summed E-state index contributed by atoms with van der Waals surface area (Å²) in [6.45, 7) is 2.43. The van der Waals surface area contributed by atoms with E-state index in [2.05, 4.69) is 4.72 Å². The molecule has 0 amide bonds. The maximum Gasteiger partial charge on any atom is 0.211 e. The Bertz CT molecular complexity index is 922. The van der Waals surface area contributed by atoms with E-state index in [1.54, 1.807) is 53.7 Å². The molecule has 154 valence electrons. The first-order chi connectivity index (χ1) is 13.2. The summed E-state index contributed by atoms with van der Waals surface area (Å²) in [5, 5.41) is 1.42. The van der Waals surface area contributed by atoms with Gasteiger partial charge in [-0.1, -0.05) is 41.7 Å². The number of sulfonamides is 1. The number of unbranched alkanes of at least 4 members (excludes halogenated alkanes) is 1. The number of anilines is 1. The van der Waals surface area contributed by atoms with Crippen LogP contribution in [-0.4, -0.2) is 31.5 Å². The van der Waals surface area contributed by atoms with E-state index in [0.29, 0.717) is 51.6 Å². The van der Waals surface area contributed by atoms with Crippen molar-refractivity contribution >= 4 is 61.5 Å². The third-order valence-electron chi connectivity index (χ3n) is 3.78. The number of rotatable bonds is 10. The van der Waals surface area contributed by atoms with E-state index in [4.69, 9.17) is 34.8 Å². The Hall–Kier alpha value is -0.830. The molecule has 1 unspecified atom stereocenters. The Morgan fingerprint density at radius 1 is 1.00 bits per heavy atom. The van der Waals surface area contributed by atoms with Crippen LogP contribution in [0.4, 0.5) is 5.69 Å². The van der Waals surface area contributed by atoms with Gasteiger partial charge in [-0.25, -0.2) is 17.3 Å². The molecule has 0 aliphatic carbocycles. The molecule has 0 radical (unpaired) electrons. The van der Waals surface area contributed by atoms with Crippen molar-refractivity contribution in [2.75, 3.05) is 23.1 Å². The first-order valence-electron chi connectivity index (χ1n) is 8.61. The summed E-state index contributed by atoms with van der Waals surface area (Å²) in [7, 11) is -4.85. The average molecular weight is 484 g/mol. The van der Waals surface area contributed by atoms with Crippen molar-refractivity contribution in [3.8, 4) is 0 Å². The van der Waals surface area contributed by atoms with Crippen LogP contribution in [0.2, 0.25) is 15.1 Å². The molecule has 28 heavy (non-hydrogen) atoms. The van der Waals surface area contributed by atoms with E-state index in [1.807, 2.05) is 0 Å². The van der Waals surface area contributed by atoms with Gasteiger partial charge in [-0.2, -0.15) is 0 Å². The van der Waals surface area contributed by atoms with Crippen molar-refractivity contribution in [2.45, 2.75) is 24.7 Å². The highest BCUT2D eigenvalue weighted by molar-refractivity contribution is 7.89. The maximum absolute atomic E-state index is 13.2. The normalized spacial score (nSPS) is 12.7. The van der Waals surface area contributed by atoms with E-state index < -0.39 is 21.0 Å². The van der Waals surface area contributed by atoms with Gasteiger partial charge in [-0.3, -0.25) is 4.31 Å². The van der Waals surface area contributed by atoms with Crippen molar-refractivity contribution in [3.05, 3.63) is 57.5 Å². The minimum absolute atomic E-state index is 0.00549. The van der Waals surface area contributed by atoms with Gasteiger partial charge in [-0.15, -0.1) is 0 Å². The Morgan fingerprint density at radius 2 is 1.64 bits per heavy atom. The summed E-state index contributed by atoms with van der Waals surface area (Å²) in [5.41, 5.74) is 0.525. The lowest BCUT2D eigenvalue weighted by molar-refractivity contribution is 0.579. The number of nitrogens with zero attached hydrogens (tertiary/aromatic N) is 1. The number of hydrogen-bond acceptors (Lipinski definition) is 3. The number of hydrogen-bond donors (Lipinski definition) is 1. The Balaban J connectivity index is 2.20. The van der Waals surface area contributed by atoms with Crippen LogP contribution in [0.5, 0.6) is 0 Å². The van der Waals surface area contributed by atoms with Crippen molar-refractivity contribution < 1.29 is 12.6 Å². The lowest BCUT2D eigenvalue weighted by Crippen LogP contribution is -2.29. The fourth-order valence-corrected chi connectivity index (χ4v) is 5.47. The van der Waals surface area contributed by atoms with Gasteiger partial charge in [0, 0.05) is 23.1 Å². The van der Waals surface area contributed by atoms with Crippen LogP contribution in [0, 0.1) is 0 Å². The lowest BCUT2D eigenvalue weighted by atomic mass is 10.3. The van der Waals surface area contributed by atoms with Crippen LogP contribution >= 0.6 is 34.8 Å². The molecule has 2 rings (SSSR count). The van der Waals surface area contributed by atoms with Gasteiger partial charge >= 0.3 is 0 Å². The highest BCUT2D eigenvalue weighted by Crippen LogP contribution is 2.32. The van der Waals surface area contributed by atoms with Gasteiger partial charge in [-0.05, 0) is 55.3 Å². The first kappa shape index (κ1) is 23.4. The number of benzene rings is 2. The molecule has 0 saturated carbocycles. The molecule has 0 spiro atoms. The molecule has 2 aromatic carbocycles. The topological polar surface area (TPSA) is 66.5 Å². The van der Waals surface area contributed by atoms with E-state index in [9.17, 15) is 12.6 Å². The zero-order valence-corrected chi connectivity index (χ0v) is 19.1. The Morgan fingerprint density at radius 3 is 2.29 bits per heavy atom. The van der Waals surface area contributed by atoms with Crippen molar-refractivity contribution in [1.29, 1.82) is 0 Å². The summed E-state index contributed by atoms with van der Waals surface area (Å²) >= 11 is 18.3. The van der Waals surface area contributed by atoms with Crippen LogP contribution < -0.4 is 9.03 Å². The summed E-state index contributed by atoms with van der Waals surface area (Å²) in [6, 6.07) is 11.6. The van der Waals surface area contributed by atoms with E-state index in [1.165, 1.54) is 0 Å². The molecular weight excluding hydrogens is 463 g/mol. The zero-order valence-electron chi connectivity index (χ0n) is 15.2. The minimum Gasteiger partial charge on any atom is -0.286 e. The smallest absolute Gasteiger partial charge is 0.211 e. The molecule has 0 aliphatic rings. The van der Waals surface area contributed by atoms with Crippen LogP contribution in [-0.2, 0) is 21.0 Å². The zero-order chi connectivity index (χ0) is 20.7. The fourth-order valence-electron chi connectivity index (χ4n) is 2.49. The van der Waals surface area contributed by atoms with Crippen molar-refractivity contribution in [1.82, 2.24) is 4.72 Å². The highest BCUT2D eigenvalue weighted by Gasteiger charge is 2.20. The van der Waals surface area contributed by atoms with Gasteiger partial charge in [0.1, 0.15) is 0 Å². The van der Waals surface area contributed by atoms with Crippen LogP contribution in [0.1, 0.15) is 19.8 Å². The summed E-state index contributed by atoms with van der Waals surface area (Å²) < 4.78 is 40.8. The van der Waals surface area contributed by atoms with E-state index >= 15 is 0 Å². The summed E-state index contributed by atoms with van der Waals surface area (Å²) in [5.74, 6) is 0.00549. The minimum atomic E-state index is -3.29. The number of nitrogens with one attached hydrogen (secondary N) is 1. The molecule has 0 fully saturated rings. The predicted molar refractivity (Wildman–Crippen MR) is 118 cm³/mol. The van der Waals surface area contributed by atoms with Gasteiger partial charge in [0.25, 0.3) is 0 Å². The SMILES string of the molecule is CCNS(=O)(=O)CCCCN(c1cc(Cl)ccc1Cl)S(=O)c1ccc(Cl)cc1. The summed E-state index contributed by atoms with van der Waals surface area (Å²) in [4.78, 5) is 0.556. The number of halogens is 3. The lowest BCUT2D eigenvalue weighted by Gasteiger charge is -2.25. The van der Waals surface area contributed by atoms with Crippen LogP contribution in [0.15, 0.2) is 47.4 Å². The third-order valence-corrected chi connectivity index (χ3v) is 7.60. The molecule has 1 N–H and O–H groups in total. The van der Waals surface area contributed by atoms with Gasteiger partial charge in [0.05, 0.1) is 21.4 Å². The highest BCUT2D eigenvalue weighted by atomic mass is 35.5. The monoisotopic (exact) mass is 482 g/mol. The maximum atomic E-state index is 13.2. The van der Waals surface area contributed by atoms with E-state index in [-0.39, 0.29) is 5.75 Å². The second kappa shape index (κ2) is 10.8. The molecule has 5 nitrogen and oxygen atoms in total. The van der Waals surface area contributed by atoms with Gasteiger partial charge in [0.2, 0.25) is 10.0 Å². The molecule has 0 aliphatic heterocycles. The van der Waals surface area contributed by atoms with Crippen LogP contribution in [0.25, 0.3) is 0 Å². The summed E-state index contributed by atoms with van der Waals surface area (Å²) in [6.07, 6.45) is 0.925. The molecule has 0 heterocycles. The third kappa shape index (κ3) is 6.90. The molecule has 0 aromatic heterocycles. The predicted octanol–water partition coefficient (Wildman–Crippen LogP) is 4.90. The molecule has 2 aromatic rings. The molecular formula is C18H21Cl3N2O3S2. The van der Waals surface area contributed by atoms with E-state index in [0.717, 1.165) is 0 Å². The Labute approximate surface area is 183 Å². The van der Waals surface area contributed by atoms with Crippen LogP contribution in [0.3, 0.4) is 0 Å². The second-order valence-corrected chi connectivity index (χ2v) is 10.5. The largest absolute Gasteiger partial charge is 0.286 e. The fraction of sp³-hybridized carbons (Fsp3) is 0.333. The van der Waals surface area contributed by atoms with Gasteiger partial charge in [0.15, 0.2) is 11.0 Å². The van der Waals surface area contributed by atoms with Crippen molar-refractivity contribution in [2.24, 2.45) is 0 Å². The average Bonchev–Trinajstić information content (AvgIpc) is 2.64. The first-order valence-corrected chi connectivity index (χ1v) is 12.5. The second-order valence-electron chi connectivity index (χ2n) is 5.92. The molecule has 0 bridgehead atoms.